The van der Waals surface area contributed by atoms with Gasteiger partial charge in [-0.25, -0.2) is 4.68 Å². The first-order valence-electron chi connectivity index (χ1n) is 8.16. The van der Waals surface area contributed by atoms with Crippen LogP contribution >= 0.6 is 0 Å². The van der Waals surface area contributed by atoms with Crippen LogP contribution in [0.15, 0.2) is 30.6 Å². The third-order valence-electron chi connectivity index (χ3n) is 5.49. The minimum Gasteiger partial charge on any atom is -0.491 e. The van der Waals surface area contributed by atoms with E-state index in [1.165, 1.54) is 19.3 Å². The van der Waals surface area contributed by atoms with E-state index in [1.807, 2.05) is 22.9 Å². The van der Waals surface area contributed by atoms with Crippen LogP contribution in [0.1, 0.15) is 25.5 Å². The van der Waals surface area contributed by atoms with Crippen molar-refractivity contribution in [2.24, 2.45) is 16.6 Å². The average Bonchev–Trinajstić information content (AvgIpc) is 3.23. The second-order valence-corrected chi connectivity index (χ2v) is 7.35. The molecule has 1 atom stereocenters. The lowest BCUT2D eigenvalue weighted by Gasteiger charge is -2.70. The van der Waals surface area contributed by atoms with E-state index in [4.69, 9.17) is 15.2 Å². The summed E-state index contributed by atoms with van der Waals surface area (Å²) in [5.41, 5.74) is 8.51. The molecule has 0 amide bonds. The summed E-state index contributed by atoms with van der Waals surface area (Å²) in [4.78, 5) is 4.52. The standard InChI is InChI=1S/C17H20N4O2/c18-10-16-7-17(8-16,9-16)11-23-12-1-2-13(19-5-12)14-3-4-20-21(14)15-6-22-15/h1-5,15H,6-11,18H2. The van der Waals surface area contributed by atoms with E-state index >= 15 is 0 Å². The molecule has 2 N–H and O–H groups in total. The SMILES string of the molecule is NCC12CC(COc3ccc(-c4ccnn4C4CO4)nc3)(C1)C2. The Kier molecular flexibility index (Phi) is 2.67. The van der Waals surface area contributed by atoms with Gasteiger partial charge in [-0.05, 0) is 49.4 Å². The fraction of sp³-hybridized carbons (Fsp3) is 0.529. The Bertz CT molecular complexity index is 716. The van der Waals surface area contributed by atoms with Crippen LogP contribution in [0, 0.1) is 10.8 Å². The monoisotopic (exact) mass is 312 g/mol. The molecule has 3 aliphatic carbocycles. The summed E-state index contributed by atoms with van der Waals surface area (Å²) < 4.78 is 13.1. The molecule has 6 rings (SSSR count). The molecule has 3 heterocycles. The number of aromatic nitrogens is 3. The quantitative estimate of drug-likeness (QED) is 0.825. The minimum atomic E-state index is 0.0665. The molecule has 1 aliphatic heterocycles. The molecule has 1 saturated heterocycles. The second kappa shape index (κ2) is 4.55. The van der Waals surface area contributed by atoms with E-state index in [1.54, 1.807) is 12.4 Å². The van der Waals surface area contributed by atoms with E-state index in [0.29, 0.717) is 10.8 Å². The summed E-state index contributed by atoms with van der Waals surface area (Å²) in [5.74, 6) is 0.828. The largest absolute Gasteiger partial charge is 0.491 e. The maximum absolute atomic E-state index is 5.95. The number of rotatable bonds is 6. The van der Waals surface area contributed by atoms with E-state index < -0.39 is 0 Å². The van der Waals surface area contributed by atoms with E-state index in [9.17, 15) is 0 Å². The van der Waals surface area contributed by atoms with Crippen molar-refractivity contribution in [3.63, 3.8) is 0 Å². The number of epoxide rings is 1. The predicted octanol–water partition coefficient (Wildman–Crippen LogP) is 1.98. The number of pyridine rings is 1. The summed E-state index contributed by atoms with van der Waals surface area (Å²) in [6, 6.07) is 5.92. The maximum atomic E-state index is 5.95. The zero-order valence-corrected chi connectivity index (χ0v) is 12.9. The summed E-state index contributed by atoms with van der Waals surface area (Å²) in [6.45, 7) is 2.33. The van der Waals surface area contributed by atoms with E-state index in [0.717, 1.165) is 36.9 Å². The van der Waals surface area contributed by atoms with Crippen molar-refractivity contribution >= 4 is 0 Å². The maximum Gasteiger partial charge on any atom is 0.174 e. The van der Waals surface area contributed by atoms with Gasteiger partial charge >= 0.3 is 0 Å². The molecular weight excluding hydrogens is 292 g/mol. The van der Waals surface area contributed by atoms with Gasteiger partial charge in [0.1, 0.15) is 5.75 Å². The van der Waals surface area contributed by atoms with Gasteiger partial charge in [0.15, 0.2) is 6.23 Å². The summed E-state index contributed by atoms with van der Waals surface area (Å²) in [5, 5.41) is 4.29. The Balaban J connectivity index is 1.24. The van der Waals surface area contributed by atoms with Crippen molar-refractivity contribution in [3.05, 3.63) is 30.6 Å². The fourth-order valence-electron chi connectivity index (χ4n) is 4.39. The molecule has 0 aromatic carbocycles. The van der Waals surface area contributed by atoms with Gasteiger partial charge in [-0.15, -0.1) is 0 Å². The Labute approximate surface area is 134 Å². The molecule has 23 heavy (non-hydrogen) atoms. The predicted molar refractivity (Wildman–Crippen MR) is 83.7 cm³/mol. The first-order chi connectivity index (χ1) is 11.2. The van der Waals surface area contributed by atoms with Crippen molar-refractivity contribution in [2.45, 2.75) is 25.5 Å². The number of ether oxygens (including phenoxy) is 2. The van der Waals surface area contributed by atoms with Crippen LogP contribution in [0.3, 0.4) is 0 Å². The molecular formula is C17H20N4O2. The van der Waals surface area contributed by atoms with Crippen LogP contribution < -0.4 is 10.5 Å². The number of nitrogens with zero attached hydrogens (tertiary/aromatic N) is 3. The molecule has 4 fully saturated rings. The molecule has 4 aliphatic rings. The third kappa shape index (κ3) is 2.09. The normalized spacial score (nSPS) is 33.7. The number of hydrogen-bond acceptors (Lipinski definition) is 5. The second-order valence-electron chi connectivity index (χ2n) is 7.35. The zero-order valence-electron chi connectivity index (χ0n) is 12.9. The lowest BCUT2D eigenvalue weighted by Crippen LogP contribution is -2.66. The van der Waals surface area contributed by atoms with Gasteiger partial charge in [-0.1, -0.05) is 0 Å². The average molecular weight is 312 g/mol. The molecule has 3 saturated carbocycles. The topological polar surface area (TPSA) is 78.5 Å². The van der Waals surface area contributed by atoms with Crippen LogP contribution in [-0.4, -0.2) is 34.5 Å². The van der Waals surface area contributed by atoms with Crippen LogP contribution in [0.25, 0.3) is 11.4 Å². The van der Waals surface area contributed by atoms with Crippen molar-refractivity contribution in [1.29, 1.82) is 0 Å². The number of nitrogens with two attached hydrogens (primary N) is 1. The molecule has 1 unspecified atom stereocenters. The Hall–Kier alpha value is -1.92. The molecule has 2 aromatic rings. The molecule has 6 nitrogen and oxygen atoms in total. The highest BCUT2D eigenvalue weighted by Gasteiger charge is 2.67. The first kappa shape index (κ1) is 13.5. The summed E-state index contributed by atoms with van der Waals surface area (Å²) >= 11 is 0. The zero-order chi connectivity index (χ0) is 15.5. The van der Waals surface area contributed by atoms with Crippen molar-refractivity contribution in [1.82, 2.24) is 14.8 Å². The van der Waals surface area contributed by atoms with Gasteiger partial charge in [-0.2, -0.15) is 5.10 Å². The van der Waals surface area contributed by atoms with E-state index in [-0.39, 0.29) is 6.23 Å². The summed E-state index contributed by atoms with van der Waals surface area (Å²) in [7, 11) is 0. The van der Waals surface area contributed by atoms with Gasteiger partial charge in [0, 0.05) is 11.6 Å². The van der Waals surface area contributed by atoms with Gasteiger partial charge < -0.3 is 15.2 Å². The Morgan fingerprint density at radius 3 is 2.74 bits per heavy atom. The van der Waals surface area contributed by atoms with Crippen LogP contribution in [-0.2, 0) is 4.74 Å². The molecule has 120 valence electrons. The van der Waals surface area contributed by atoms with Crippen LogP contribution in [0.2, 0.25) is 0 Å². The van der Waals surface area contributed by atoms with Gasteiger partial charge in [0.25, 0.3) is 0 Å². The van der Waals surface area contributed by atoms with Gasteiger partial charge in [0.2, 0.25) is 0 Å². The van der Waals surface area contributed by atoms with Gasteiger partial charge in [-0.3, -0.25) is 4.98 Å². The lowest BCUT2D eigenvalue weighted by atomic mass is 9.35. The third-order valence-corrected chi connectivity index (χ3v) is 5.49. The Morgan fingerprint density at radius 1 is 1.26 bits per heavy atom. The van der Waals surface area contributed by atoms with Crippen molar-refractivity contribution < 1.29 is 9.47 Å². The lowest BCUT2D eigenvalue weighted by molar-refractivity contribution is -0.211. The van der Waals surface area contributed by atoms with Crippen molar-refractivity contribution in [2.75, 3.05) is 19.8 Å². The minimum absolute atomic E-state index is 0.0665. The highest BCUT2D eigenvalue weighted by molar-refractivity contribution is 5.54. The molecule has 6 heteroatoms. The molecule has 2 aromatic heterocycles. The molecule has 2 bridgehead atoms. The molecule has 0 radical (unpaired) electrons. The van der Waals surface area contributed by atoms with Crippen LogP contribution in [0.5, 0.6) is 5.75 Å². The summed E-state index contributed by atoms with van der Waals surface area (Å²) in [6.07, 6.45) is 7.31. The highest BCUT2D eigenvalue weighted by atomic mass is 16.6. The smallest absolute Gasteiger partial charge is 0.174 e. The molecule has 0 spiro atoms. The van der Waals surface area contributed by atoms with Gasteiger partial charge in [0.05, 0.1) is 30.8 Å². The van der Waals surface area contributed by atoms with E-state index in [2.05, 4.69) is 10.1 Å². The number of hydrogen-bond donors (Lipinski definition) is 1. The Morgan fingerprint density at radius 2 is 2.09 bits per heavy atom. The first-order valence-corrected chi connectivity index (χ1v) is 8.16. The van der Waals surface area contributed by atoms with Crippen molar-refractivity contribution in [3.8, 4) is 17.1 Å². The fourth-order valence-corrected chi connectivity index (χ4v) is 4.39. The van der Waals surface area contributed by atoms with Crippen LogP contribution in [0.4, 0.5) is 0 Å². The highest BCUT2D eigenvalue weighted by Crippen LogP contribution is 2.72.